The summed E-state index contributed by atoms with van der Waals surface area (Å²) in [5.74, 6) is -1.75. The summed E-state index contributed by atoms with van der Waals surface area (Å²) in [5, 5.41) is 2.93. The van der Waals surface area contributed by atoms with Gasteiger partial charge in [0.05, 0.1) is 12.6 Å². The second-order valence-corrected chi connectivity index (χ2v) is 5.82. The molecule has 0 saturated carbocycles. The minimum Gasteiger partial charge on any atom is -0.463 e. The van der Waals surface area contributed by atoms with Gasteiger partial charge in [0.15, 0.2) is 6.10 Å². The van der Waals surface area contributed by atoms with Crippen molar-refractivity contribution in [3.05, 3.63) is 47.5 Å². The third-order valence-corrected chi connectivity index (χ3v) is 3.99. The Balaban J connectivity index is 1.89. The number of carbonyl (C=O) groups is 3. The van der Waals surface area contributed by atoms with E-state index in [9.17, 15) is 14.4 Å². The Bertz CT molecular complexity index is 668. The maximum atomic E-state index is 12.3. The van der Waals surface area contributed by atoms with Gasteiger partial charge in [0, 0.05) is 12.2 Å². The number of carbonyl (C=O) groups excluding carboxylic acids is 3. The van der Waals surface area contributed by atoms with Gasteiger partial charge >= 0.3 is 11.9 Å². The van der Waals surface area contributed by atoms with Crippen LogP contribution < -0.4 is 5.32 Å². The molecule has 2 atom stereocenters. The first-order valence-electron chi connectivity index (χ1n) is 8.45. The van der Waals surface area contributed by atoms with Gasteiger partial charge in [-0.05, 0) is 44.2 Å². The normalized spacial score (nSPS) is 17.4. The van der Waals surface area contributed by atoms with Crippen LogP contribution in [0.4, 0.5) is 0 Å². The molecule has 25 heavy (non-hydrogen) atoms. The number of esters is 2. The predicted octanol–water partition coefficient (Wildman–Crippen LogP) is 2.23. The van der Waals surface area contributed by atoms with E-state index >= 15 is 0 Å². The van der Waals surface area contributed by atoms with Crippen LogP contribution in [0.5, 0.6) is 0 Å². The predicted molar refractivity (Wildman–Crippen MR) is 91.6 cm³/mol. The smallest absolute Gasteiger partial charge is 0.331 e. The fraction of sp³-hybridized carbons (Fsp3) is 0.421. The van der Waals surface area contributed by atoms with Gasteiger partial charge in [-0.1, -0.05) is 24.3 Å². The van der Waals surface area contributed by atoms with Crippen LogP contribution >= 0.6 is 0 Å². The first-order chi connectivity index (χ1) is 12.0. The Morgan fingerprint density at radius 1 is 1.24 bits per heavy atom. The molecule has 0 heterocycles. The highest BCUT2D eigenvalue weighted by Crippen LogP contribution is 2.29. The number of aryl methyl sites for hydroxylation is 1. The molecule has 1 N–H and O–H groups in total. The van der Waals surface area contributed by atoms with Crippen molar-refractivity contribution in [2.24, 2.45) is 0 Å². The lowest BCUT2D eigenvalue weighted by atomic mass is 9.87. The van der Waals surface area contributed by atoms with Crippen LogP contribution in [0.15, 0.2) is 36.4 Å². The zero-order valence-corrected chi connectivity index (χ0v) is 14.5. The quantitative estimate of drug-likeness (QED) is 0.631. The lowest BCUT2D eigenvalue weighted by Gasteiger charge is -2.27. The van der Waals surface area contributed by atoms with E-state index in [1.54, 1.807) is 6.92 Å². The fourth-order valence-corrected chi connectivity index (χ4v) is 2.79. The maximum absolute atomic E-state index is 12.3. The molecule has 1 aromatic rings. The van der Waals surface area contributed by atoms with Gasteiger partial charge in [0.25, 0.3) is 5.91 Å². The zero-order valence-electron chi connectivity index (χ0n) is 14.5. The molecule has 0 bridgehead atoms. The number of hydrogen-bond donors (Lipinski definition) is 1. The first-order valence-corrected chi connectivity index (χ1v) is 8.45. The average molecular weight is 345 g/mol. The van der Waals surface area contributed by atoms with Crippen molar-refractivity contribution in [3.8, 4) is 0 Å². The molecule has 1 amide bonds. The molecule has 1 aromatic carbocycles. The largest absolute Gasteiger partial charge is 0.463 e. The van der Waals surface area contributed by atoms with Crippen molar-refractivity contribution in [3.63, 3.8) is 0 Å². The van der Waals surface area contributed by atoms with Crippen LogP contribution in [0, 0.1) is 0 Å². The topological polar surface area (TPSA) is 81.7 Å². The Hall–Kier alpha value is -2.63. The lowest BCUT2D eigenvalue weighted by Crippen LogP contribution is -2.39. The summed E-state index contributed by atoms with van der Waals surface area (Å²) in [5.41, 5.74) is 2.35. The van der Waals surface area contributed by atoms with Gasteiger partial charge < -0.3 is 14.8 Å². The van der Waals surface area contributed by atoms with E-state index in [1.807, 2.05) is 18.2 Å². The van der Waals surface area contributed by atoms with Gasteiger partial charge in [0.2, 0.25) is 0 Å². The molecule has 0 radical (unpaired) electrons. The summed E-state index contributed by atoms with van der Waals surface area (Å²) in [6.07, 6.45) is 3.84. The molecule has 134 valence electrons. The van der Waals surface area contributed by atoms with Gasteiger partial charge in [-0.15, -0.1) is 0 Å². The molecule has 1 aliphatic rings. The fourth-order valence-electron chi connectivity index (χ4n) is 2.79. The molecule has 1 aliphatic carbocycles. The van der Waals surface area contributed by atoms with E-state index in [0.717, 1.165) is 37.0 Å². The van der Waals surface area contributed by atoms with Crippen molar-refractivity contribution in [1.82, 2.24) is 5.32 Å². The monoisotopic (exact) mass is 345 g/mol. The highest BCUT2D eigenvalue weighted by molar-refractivity contribution is 5.93. The van der Waals surface area contributed by atoms with Gasteiger partial charge in [0.1, 0.15) is 0 Å². The molecule has 0 aromatic heterocycles. The highest BCUT2D eigenvalue weighted by atomic mass is 16.5. The summed E-state index contributed by atoms with van der Waals surface area (Å²) in [7, 11) is 0. The van der Waals surface area contributed by atoms with Crippen molar-refractivity contribution in [1.29, 1.82) is 0 Å². The molecule has 0 aliphatic heterocycles. The van der Waals surface area contributed by atoms with Crippen molar-refractivity contribution in [2.45, 2.75) is 45.3 Å². The standard InChI is InChI=1S/C19H23NO5/c1-3-24-17(21)11-12-18(22)25-13(2)19(23)20-16-10-6-8-14-7-4-5-9-15(14)16/h4-5,7,9,11-13,16H,3,6,8,10H2,1-2H3,(H,20,23)/b12-11+/t13-,16-/m1/s1. The molecule has 6 heteroatoms. The first kappa shape index (κ1) is 18.7. The summed E-state index contributed by atoms with van der Waals surface area (Å²) >= 11 is 0. The van der Waals surface area contributed by atoms with Crippen molar-refractivity contribution in [2.75, 3.05) is 6.61 Å². The lowest BCUT2D eigenvalue weighted by molar-refractivity contribution is -0.150. The van der Waals surface area contributed by atoms with Crippen LogP contribution in [-0.2, 0) is 30.3 Å². The number of fused-ring (bicyclic) bond motifs is 1. The number of ether oxygens (including phenoxy) is 2. The number of hydrogen-bond acceptors (Lipinski definition) is 5. The van der Waals surface area contributed by atoms with Crippen molar-refractivity contribution < 1.29 is 23.9 Å². The van der Waals surface area contributed by atoms with Crippen LogP contribution in [0.2, 0.25) is 0 Å². The van der Waals surface area contributed by atoms with Gasteiger partial charge in [-0.3, -0.25) is 4.79 Å². The molecule has 0 unspecified atom stereocenters. The number of nitrogens with one attached hydrogen (secondary N) is 1. The number of rotatable bonds is 6. The third kappa shape index (κ3) is 5.45. The van der Waals surface area contributed by atoms with E-state index in [-0.39, 0.29) is 18.6 Å². The molecule has 0 fully saturated rings. The van der Waals surface area contributed by atoms with E-state index in [4.69, 9.17) is 4.74 Å². The van der Waals surface area contributed by atoms with Gasteiger partial charge in [-0.25, -0.2) is 9.59 Å². The summed E-state index contributed by atoms with van der Waals surface area (Å²) < 4.78 is 9.69. The number of amides is 1. The second kappa shape index (κ2) is 9.01. The van der Waals surface area contributed by atoms with E-state index in [1.165, 1.54) is 12.5 Å². The molecular formula is C19H23NO5. The molecule has 6 nitrogen and oxygen atoms in total. The number of benzene rings is 1. The Morgan fingerprint density at radius 2 is 1.96 bits per heavy atom. The van der Waals surface area contributed by atoms with Crippen LogP contribution in [0.25, 0.3) is 0 Å². The summed E-state index contributed by atoms with van der Waals surface area (Å²) in [6.45, 7) is 3.39. The van der Waals surface area contributed by atoms with Gasteiger partial charge in [-0.2, -0.15) is 0 Å². The molecular weight excluding hydrogens is 322 g/mol. The highest BCUT2D eigenvalue weighted by Gasteiger charge is 2.24. The summed E-state index contributed by atoms with van der Waals surface area (Å²) in [4.78, 5) is 35.1. The Kier molecular flexibility index (Phi) is 6.74. The average Bonchev–Trinajstić information content (AvgIpc) is 2.60. The molecule has 2 rings (SSSR count). The maximum Gasteiger partial charge on any atom is 0.331 e. The van der Waals surface area contributed by atoms with E-state index in [2.05, 4.69) is 16.1 Å². The Morgan fingerprint density at radius 3 is 2.72 bits per heavy atom. The summed E-state index contributed by atoms with van der Waals surface area (Å²) in [6, 6.07) is 7.94. The molecule has 0 spiro atoms. The van der Waals surface area contributed by atoms with Crippen LogP contribution in [-0.4, -0.2) is 30.6 Å². The minimum absolute atomic E-state index is 0.0753. The van der Waals surface area contributed by atoms with Crippen LogP contribution in [0.1, 0.15) is 43.9 Å². The molecule has 0 saturated heterocycles. The third-order valence-electron chi connectivity index (χ3n) is 3.99. The van der Waals surface area contributed by atoms with E-state index < -0.39 is 18.0 Å². The van der Waals surface area contributed by atoms with E-state index in [0.29, 0.717) is 0 Å². The van der Waals surface area contributed by atoms with Crippen molar-refractivity contribution >= 4 is 17.8 Å². The SMILES string of the molecule is CCOC(=O)/C=C/C(=O)O[C@H](C)C(=O)N[C@@H]1CCCc2ccccc21. The van der Waals surface area contributed by atoms with Crippen LogP contribution in [0.3, 0.4) is 0 Å². The zero-order chi connectivity index (χ0) is 18.2. The second-order valence-electron chi connectivity index (χ2n) is 5.82. The minimum atomic E-state index is -0.951. The Labute approximate surface area is 147 Å².